The Labute approximate surface area is 155 Å². The number of aromatic amines is 1. The first-order chi connectivity index (χ1) is 13.1. The van der Waals surface area contributed by atoms with Crippen molar-refractivity contribution in [2.75, 3.05) is 6.61 Å². The zero-order chi connectivity index (χ0) is 19.2. The van der Waals surface area contributed by atoms with Gasteiger partial charge in [-0.1, -0.05) is 30.9 Å². The van der Waals surface area contributed by atoms with Gasteiger partial charge in [0.15, 0.2) is 5.69 Å². The van der Waals surface area contributed by atoms with E-state index in [9.17, 15) is 9.59 Å². The largest absolute Gasteiger partial charge is 0.458 e. The summed E-state index contributed by atoms with van der Waals surface area (Å²) in [4.78, 5) is 24.3. The number of aromatic nitrogens is 2. The van der Waals surface area contributed by atoms with E-state index in [0.29, 0.717) is 16.9 Å². The molecule has 0 saturated heterocycles. The normalized spacial score (nSPS) is 10.9. The third kappa shape index (κ3) is 4.09. The van der Waals surface area contributed by atoms with Crippen molar-refractivity contribution in [2.24, 2.45) is 10.2 Å². The van der Waals surface area contributed by atoms with Gasteiger partial charge in [-0.3, -0.25) is 9.89 Å². The van der Waals surface area contributed by atoms with Gasteiger partial charge >= 0.3 is 5.97 Å². The van der Waals surface area contributed by atoms with Gasteiger partial charge in [0, 0.05) is 0 Å². The van der Waals surface area contributed by atoms with E-state index in [1.807, 2.05) is 30.3 Å². The first-order valence-corrected chi connectivity index (χ1v) is 8.27. The highest BCUT2D eigenvalue weighted by atomic mass is 16.5. The van der Waals surface area contributed by atoms with E-state index >= 15 is 0 Å². The lowest BCUT2D eigenvalue weighted by Crippen LogP contribution is -2.13. The van der Waals surface area contributed by atoms with Crippen LogP contribution >= 0.6 is 0 Å². The van der Waals surface area contributed by atoms with Crippen LogP contribution in [0.1, 0.15) is 16.1 Å². The van der Waals surface area contributed by atoms with Crippen LogP contribution in [-0.2, 0) is 4.74 Å². The summed E-state index contributed by atoms with van der Waals surface area (Å²) in [7, 11) is 0. The minimum absolute atomic E-state index is 0.154. The number of para-hydroxylation sites is 1. The number of carbonyl (C=O) groups excluding carboxylic acids is 1. The van der Waals surface area contributed by atoms with E-state index in [4.69, 9.17) is 4.74 Å². The summed E-state index contributed by atoms with van der Waals surface area (Å²) in [6, 6.07) is 15.7. The number of esters is 1. The number of benzene rings is 2. The van der Waals surface area contributed by atoms with Crippen LogP contribution in [0.3, 0.4) is 0 Å². The van der Waals surface area contributed by atoms with Crippen molar-refractivity contribution in [3.05, 3.63) is 88.9 Å². The molecule has 0 radical (unpaired) electrons. The first-order valence-electron chi connectivity index (χ1n) is 8.27. The second-order valence-electron chi connectivity index (χ2n) is 5.70. The van der Waals surface area contributed by atoms with Gasteiger partial charge in [-0.2, -0.15) is 5.11 Å². The molecule has 27 heavy (non-hydrogen) atoms. The van der Waals surface area contributed by atoms with Gasteiger partial charge in [0.1, 0.15) is 6.61 Å². The second kappa shape index (κ2) is 8.09. The van der Waals surface area contributed by atoms with Gasteiger partial charge in [-0.05, 0) is 43.3 Å². The molecule has 0 spiro atoms. The zero-order valence-electron chi connectivity index (χ0n) is 14.8. The average Bonchev–Trinajstić information content (AvgIpc) is 2.99. The SMILES string of the molecule is C=CCOC(=O)c1ccc(N=Nc2c(C)[nH]n(-c3ccccc3)c2=O)cc1. The van der Waals surface area contributed by atoms with Gasteiger partial charge < -0.3 is 4.74 Å². The van der Waals surface area contributed by atoms with Crippen LogP contribution in [0.25, 0.3) is 5.69 Å². The van der Waals surface area contributed by atoms with Crippen molar-refractivity contribution in [2.45, 2.75) is 6.92 Å². The zero-order valence-corrected chi connectivity index (χ0v) is 14.8. The van der Waals surface area contributed by atoms with E-state index < -0.39 is 5.97 Å². The summed E-state index contributed by atoms with van der Waals surface area (Å²) in [5.74, 6) is -0.439. The molecule has 0 aliphatic carbocycles. The van der Waals surface area contributed by atoms with Crippen molar-refractivity contribution in [3.8, 4) is 5.69 Å². The minimum Gasteiger partial charge on any atom is -0.458 e. The molecule has 7 nitrogen and oxygen atoms in total. The lowest BCUT2D eigenvalue weighted by Gasteiger charge is -2.01. The lowest BCUT2D eigenvalue weighted by molar-refractivity contribution is 0.0550. The van der Waals surface area contributed by atoms with Gasteiger partial charge in [0.2, 0.25) is 0 Å². The Morgan fingerprint density at radius 1 is 1.15 bits per heavy atom. The van der Waals surface area contributed by atoms with Crippen LogP contribution < -0.4 is 5.56 Å². The summed E-state index contributed by atoms with van der Waals surface area (Å²) in [6.07, 6.45) is 1.50. The first kappa shape index (κ1) is 18.1. The molecular formula is C20H18N4O3. The maximum absolute atomic E-state index is 12.6. The monoisotopic (exact) mass is 362 g/mol. The maximum atomic E-state index is 12.6. The van der Waals surface area contributed by atoms with Gasteiger partial charge in [-0.15, -0.1) is 5.11 Å². The summed E-state index contributed by atoms with van der Waals surface area (Å²) >= 11 is 0. The number of nitrogens with one attached hydrogen (secondary N) is 1. The molecular weight excluding hydrogens is 344 g/mol. The molecule has 1 heterocycles. The van der Waals surface area contributed by atoms with Crippen LogP contribution in [0.2, 0.25) is 0 Å². The smallest absolute Gasteiger partial charge is 0.338 e. The highest BCUT2D eigenvalue weighted by Gasteiger charge is 2.12. The molecule has 3 aromatic rings. The Kier molecular flexibility index (Phi) is 5.41. The summed E-state index contributed by atoms with van der Waals surface area (Å²) in [6.45, 7) is 5.41. The molecule has 0 amide bonds. The maximum Gasteiger partial charge on any atom is 0.338 e. The Morgan fingerprint density at radius 3 is 2.52 bits per heavy atom. The number of hydrogen-bond donors (Lipinski definition) is 1. The molecule has 1 aromatic heterocycles. The van der Waals surface area contributed by atoms with Gasteiger partial charge in [-0.25, -0.2) is 9.48 Å². The Hall–Kier alpha value is -3.74. The number of rotatable bonds is 6. The van der Waals surface area contributed by atoms with E-state index in [0.717, 1.165) is 5.69 Å². The molecule has 0 atom stereocenters. The van der Waals surface area contributed by atoms with E-state index in [-0.39, 0.29) is 17.9 Å². The van der Waals surface area contributed by atoms with Crippen LogP contribution in [0.4, 0.5) is 11.4 Å². The Bertz CT molecular complexity index is 1030. The number of azo groups is 1. The fourth-order valence-corrected chi connectivity index (χ4v) is 2.40. The molecule has 0 saturated carbocycles. The second-order valence-corrected chi connectivity index (χ2v) is 5.70. The minimum atomic E-state index is -0.439. The van der Waals surface area contributed by atoms with E-state index in [2.05, 4.69) is 21.9 Å². The highest BCUT2D eigenvalue weighted by molar-refractivity contribution is 5.89. The fraction of sp³-hybridized carbons (Fsp3) is 0.100. The Morgan fingerprint density at radius 2 is 1.85 bits per heavy atom. The third-order valence-electron chi connectivity index (χ3n) is 3.76. The topological polar surface area (TPSA) is 88.8 Å². The number of carbonyl (C=O) groups is 1. The summed E-state index contributed by atoms with van der Waals surface area (Å²) in [5, 5.41) is 11.2. The predicted molar refractivity (Wildman–Crippen MR) is 102 cm³/mol. The lowest BCUT2D eigenvalue weighted by atomic mass is 10.2. The molecule has 0 bridgehead atoms. The van der Waals surface area contributed by atoms with Gasteiger partial charge in [0.25, 0.3) is 5.56 Å². The number of hydrogen-bond acceptors (Lipinski definition) is 5. The van der Waals surface area contributed by atoms with Crippen molar-refractivity contribution in [1.82, 2.24) is 9.78 Å². The molecule has 0 unspecified atom stereocenters. The molecule has 0 aliphatic rings. The third-order valence-corrected chi connectivity index (χ3v) is 3.76. The van der Waals surface area contributed by atoms with E-state index in [1.54, 1.807) is 31.2 Å². The Balaban J connectivity index is 1.80. The molecule has 1 N–H and O–H groups in total. The number of ether oxygens (including phenoxy) is 1. The van der Waals surface area contributed by atoms with Crippen molar-refractivity contribution in [3.63, 3.8) is 0 Å². The van der Waals surface area contributed by atoms with Crippen LogP contribution in [0.15, 0.2) is 82.3 Å². The van der Waals surface area contributed by atoms with Crippen LogP contribution in [-0.4, -0.2) is 22.4 Å². The fourth-order valence-electron chi connectivity index (χ4n) is 2.40. The summed E-state index contributed by atoms with van der Waals surface area (Å²) in [5.41, 5.74) is 2.19. The van der Waals surface area contributed by atoms with Crippen molar-refractivity contribution < 1.29 is 9.53 Å². The number of aryl methyl sites for hydroxylation is 1. The number of nitrogens with zero attached hydrogens (tertiary/aromatic N) is 3. The van der Waals surface area contributed by atoms with E-state index in [1.165, 1.54) is 10.8 Å². The molecule has 2 aromatic carbocycles. The molecule has 136 valence electrons. The van der Waals surface area contributed by atoms with Crippen LogP contribution in [0.5, 0.6) is 0 Å². The van der Waals surface area contributed by atoms with Crippen molar-refractivity contribution >= 4 is 17.3 Å². The molecule has 0 aliphatic heterocycles. The average molecular weight is 362 g/mol. The molecule has 7 heteroatoms. The molecule has 0 fully saturated rings. The predicted octanol–water partition coefficient (Wildman–Crippen LogP) is 4.23. The van der Waals surface area contributed by atoms with Gasteiger partial charge in [0.05, 0.1) is 22.6 Å². The summed E-state index contributed by atoms with van der Waals surface area (Å²) < 4.78 is 6.38. The van der Waals surface area contributed by atoms with Crippen molar-refractivity contribution in [1.29, 1.82) is 0 Å². The highest BCUT2D eigenvalue weighted by Crippen LogP contribution is 2.19. The quantitative estimate of drug-likeness (QED) is 0.404. The molecule has 3 rings (SSSR count). The number of H-pyrrole nitrogens is 1. The standard InChI is InChI=1S/C20H18N4O3/c1-3-13-27-20(26)15-9-11-16(12-10-15)21-22-18-14(2)23-24(19(18)25)17-7-5-4-6-8-17/h3-12,23H,1,13H2,2H3. The van der Waals surface area contributed by atoms with Crippen LogP contribution in [0, 0.1) is 6.92 Å².